The van der Waals surface area contributed by atoms with Gasteiger partial charge in [0, 0.05) is 5.69 Å². The van der Waals surface area contributed by atoms with Crippen LogP contribution in [-0.4, -0.2) is 32.1 Å². The molecule has 0 bridgehead atoms. The van der Waals surface area contributed by atoms with Gasteiger partial charge in [0.05, 0.1) is 19.8 Å². The fourth-order valence-electron chi connectivity index (χ4n) is 2.48. The van der Waals surface area contributed by atoms with Crippen molar-refractivity contribution in [2.45, 2.75) is 19.9 Å². The highest BCUT2D eigenvalue weighted by Gasteiger charge is 2.25. The van der Waals surface area contributed by atoms with Crippen LogP contribution in [0.3, 0.4) is 0 Å². The summed E-state index contributed by atoms with van der Waals surface area (Å²) in [5.41, 5.74) is 1.02. The van der Waals surface area contributed by atoms with Gasteiger partial charge in [0.1, 0.15) is 17.5 Å². The Labute approximate surface area is 153 Å². The van der Waals surface area contributed by atoms with Crippen LogP contribution in [-0.2, 0) is 4.79 Å². The van der Waals surface area contributed by atoms with E-state index in [4.69, 9.17) is 9.47 Å². The van der Waals surface area contributed by atoms with Crippen molar-refractivity contribution >= 4 is 17.5 Å². The first-order valence-electron chi connectivity index (χ1n) is 8.35. The van der Waals surface area contributed by atoms with Gasteiger partial charge in [0.2, 0.25) is 5.91 Å². The quantitative estimate of drug-likeness (QED) is 0.799. The molecule has 0 heterocycles. The Bertz CT molecular complexity index is 757. The monoisotopic (exact) mass is 356 g/mol. The van der Waals surface area contributed by atoms with Crippen LogP contribution in [0.15, 0.2) is 48.5 Å². The summed E-state index contributed by atoms with van der Waals surface area (Å²) in [6.45, 7) is 3.75. The molecule has 0 aliphatic carbocycles. The average molecular weight is 356 g/mol. The van der Waals surface area contributed by atoms with Crippen molar-refractivity contribution < 1.29 is 19.1 Å². The van der Waals surface area contributed by atoms with Crippen LogP contribution >= 0.6 is 0 Å². The number of carbonyl (C=O) groups excluding carboxylic acids is 2. The minimum atomic E-state index is -0.686. The van der Waals surface area contributed by atoms with Crippen molar-refractivity contribution in [3.63, 3.8) is 0 Å². The molecule has 2 rings (SSSR count). The van der Waals surface area contributed by atoms with Gasteiger partial charge in [-0.3, -0.25) is 9.59 Å². The molecular weight excluding hydrogens is 332 g/mol. The molecule has 0 unspecified atom stereocenters. The fraction of sp³-hybridized carbons (Fsp3) is 0.300. The second kappa shape index (κ2) is 8.89. The lowest BCUT2D eigenvalue weighted by molar-refractivity contribution is -0.118. The summed E-state index contributed by atoms with van der Waals surface area (Å²) in [6, 6.07) is 13.2. The standard InChI is InChI=1S/C20H24N2O4/c1-13(2)18(20(24)21-14-9-11-15(25-3)12-10-14)22-19(23)16-7-5-6-8-17(16)26-4/h5-13,18H,1-4H3,(H,21,24)(H,22,23)/t18-/m0/s1. The van der Waals surface area contributed by atoms with Crippen molar-refractivity contribution in [2.24, 2.45) is 5.92 Å². The topological polar surface area (TPSA) is 76.7 Å². The number of hydrogen-bond donors (Lipinski definition) is 2. The molecule has 6 nitrogen and oxygen atoms in total. The number of amides is 2. The molecule has 0 fully saturated rings. The van der Waals surface area contributed by atoms with Gasteiger partial charge in [-0.2, -0.15) is 0 Å². The third-order valence-electron chi connectivity index (χ3n) is 3.94. The van der Waals surface area contributed by atoms with E-state index in [1.165, 1.54) is 7.11 Å². The zero-order valence-electron chi connectivity index (χ0n) is 15.4. The highest BCUT2D eigenvalue weighted by atomic mass is 16.5. The molecule has 2 N–H and O–H groups in total. The molecule has 1 atom stereocenters. The summed E-state index contributed by atoms with van der Waals surface area (Å²) < 4.78 is 10.3. The van der Waals surface area contributed by atoms with Crippen LogP contribution < -0.4 is 20.1 Å². The number of methoxy groups -OCH3 is 2. The lowest BCUT2D eigenvalue weighted by atomic mass is 10.0. The van der Waals surface area contributed by atoms with E-state index in [9.17, 15) is 9.59 Å². The summed E-state index contributed by atoms with van der Waals surface area (Å²) in [7, 11) is 3.08. The molecule has 26 heavy (non-hydrogen) atoms. The summed E-state index contributed by atoms with van der Waals surface area (Å²) in [5.74, 6) is 0.433. The number of anilines is 1. The number of rotatable bonds is 7. The lowest BCUT2D eigenvalue weighted by Crippen LogP contribution is -2.47. The van der Waals surface area contributed by atoms with E-state index in [1.54, 1.807) is 55.6 Å². The highest BCUT2D eigenvalue weighted by Crippen LogP contribution is 2.19. The van der Waals surface area contributed by atoms with Crippen molar-refractivity contribution in [3.05, 3.63) is 54.1 Å². The molecular formula is C20H24N2O4. The first kappa shape index (κ1) is 19.3. The smallest absolute Gasteiger partial charge is 0.255 e. The Balaban J connectivity index is 2.11. The summed E-state index contributed by atoms with van der Waals surface area (Å²) in [4.78, 5) is 25.2. The van der Waals surface area contributed by atoms with E-state index >= 15 is 0 Å². The van der Waals surface area contributed by atoms with Gasteiger partial charge in [-0.25, -0.2) is 0 Å². The Hall–Kier alpha value is -3.02. The Morgan fingerprint density at radius 2 is 1.58 bits per heavy atom. The number of nitrogens with one attached hydrogen (secondary N) is 2. The van der Waals surface area contributed by atoms with Crippen molar-refractivity contribution in [1.29, 1.82) is 0 Å². The largest absolute Gasteiger partial charge is 0.497 e. The molecule has 0 radical (unpaired) electrons. The molecule has 0 saturated heterocycles. The second-order valence-corrected chi connectivity index (χ2v) is 6.11. The molecule has 6 heteroatoms. The Morgan fingerprint density at radius 3 is 2.15 bits per heavy atom. The average Bonchev–Trinajstić information content (AvgIpc) is 2.66. The van der Waals surface area contributed by atoms with Gasteiger partial charge >= 0.3 is 0 Å². The maximum atomic E-state index is 12.6. The van der Waals surface area contributed by atoms with Crippen LogP contribution in [0.1, 0.15) is 24.2 Å². The van der Waals surface area contributed by atoms with Crippen molar-refractivity contribution in [1.82, 2.24) is 5.32 Å². The maximum Gasteiger partial charge on any atom is 0.255 e. The SMILES string of the molecule is COc1ccc(NC(=O)[C@@H](NC(=O)c2ccccc2OC)C(C)C)cc1. The zero-order chi connectivity index (χ0) is 19.1. The molecule has 0 spiro atoms. The van der Waals surface area contributed by atoms with Crippen LogP contribution in [0, 0.1) is 5.92 Å². The van der Waals surface area contributed by atoms with Crippen LogP contribution in [0.5, 0.6) is 11.5 Å². The van der Waals surface area contributed by atoms with Gasteiger partial charge in [-0.05, 0) is 42.3 Å². The number of ether oxygens (including phenoxy) is 2. The van der Waals surface area contributed by atoms with E-state index in [1.807, 2.05) is 13.8 Å². The predicted molar refractivity (Wildman–Crippen MR) is 101 cm³/mol. The van der Waals surface area contributed by atoms with E-state index in [0.717, 1.165) is 0 Å². The van der Waals surface area contributed by atoms with Gasteiger partial charge in [0.15, 0.2) is 0 Å². The molecule has 0 saturated carbocycles. The van der Waals surface area contributed by atoms with Crippen LogP contribution in [0.25, 0.3) is 0 Å². The molecule has 138 valence electrons. The lowest BCUT2D eigenvalue weighted by Gasteiger charge is -2.22. The Kier molecular flexibility index (Phi) is 6.60. The van der Waals surface area contributed by atoms with Gasteiger partial charge < -0.3 is 20.1 Å². The molecule has 0 aliphatic heterocycles. The predicted octanol–water partition coefficient (Wildman–Crippen LogP) is 3.10. The van der Waals surface area contributed by atoms with Gasteiger partial charge in [0.25, 0.3) is 5.91 Å². The third kappa shape index (κ3) is 4.75. The number of para-hydroxylation sites is 1. The maximum absolute atomic E-state index is 12.6. The van der Waals surface area contributed by atoms with Crippen LogP contribution in [0.2, 0.25) is 0 Å². The first-order valence-corrected chi connectivity index (χ1v) is 8.35. The molecule has 2 aromatic carbocycles. The summed E-state index contributed by atoms with van der Waals surface area (Å²) in [5, 5.41) is 5.61. The fourth-order valence-corrected chi connectivity index (χ4v) is 2.48. The van der Waals surface area contributed by atoms with E-state index < -0.39 is 6.04 Å². The number of benzene rings is 2. The second-order valence-electron chi connectivity index (χ2n) is 6.11. The third-order valence-corrected chi connectivity index (χ3v) is 3.94. The minimum absolute atomic E-state index is 0.0908. The van der Waals surface area contributed by atoms with Crippen LogP contribution in [0.4, 0.5) is 5.69 Å². The zero-order valence-corrected chi connectivity index (χ0v) is 15.4. The number of hydrogen-bond acceptors (Lipinski definition) is 4. The summed E-state index contributed by atoms with van der Waals surface area (Å²) in [6.07, 6.45) is 0. The Morgan fingerprint density at radius 1 is 0.923 bits per heavy atom. The molecule has 2 aromatic rings. The summed E-state index contributed by atoms with van der Waals surface area (Å²) >= 11 is 0. The van der Waals surface area contributed by atoms with E-state index in [-0.39, 0.29) is 17.7 Å². The molecule has 0 aliphatic rings. The van der Waals surface area contributed by atoms with Gasteiger partial charge in [-0.1, -0.05) is 26.0 Å². The first-order chi connectivity index (χ1) is 12.5. The molecule has 2 amide bonds. The highest BCUT2D eigenvalue weighted by molar-refractivity contribution is 6.02. The minimum Gasteiger partial charge on any atom is -0.497 e. The van der Waals surface area contributed by atoms with Gasteiger partial charge in [-0.15, -0.1) is 0 Å². The van der Waals surface area contributed by atoms with Crippen molar-refractivity contribution in [3.8, 4) is 11.5 Å². The normalized spacial score (nSPS) is 11.6. The molecule has 0 aromatic heterocycles. The number of carbonyl (C=O) groups is 2. The van der Waals surface area contributed by atoms with E-state index in [2.05, 4.69) is 10.6 Å². The van der Waals surface area contributed by atoms with E-state index in [0.29, 0.717) is 22.7 Å². The van der Waals surface area contributed by atoms with Crippen molar-refractivity contribution in [2.75, 3.05) is 19.5 Å².